The lowest BCUT2D eigenvalue weighted by molar-refractivity contribution is -0.123. The number of carbonyl (C=O) groups excluding carboxylic acids is 1. The molecule has 0 atom stereocenters. The third-order valence-corrected chi connectivity index (χ3v) is 3.88. The average molecular weight is 313 g/mol. The van der Waals surface area contributed by atoms with Gasteiger partial charge in [0.1, 0.15) is 17.3 Å². The molecule has 112 valence electrons. The smallest absolute Gasteiger partial charge is 0.258 e. The van der Waals surface area contributed by atoms with Gasteiger partial charge in [0.15, 0.2) is 6.61 Å². The summed E-state index contributed by atoms with van der Waals surface area (Å²) in [5.41, 5.74) is 0. The predicted molar refractivity (Wildman–Crippen MR) is 85.8 cm³/mol. The van der Waals surface area contributed by atoms with Crippen molar-refractivity contribution in [3.8, 4) is 16.4 Å². The van der Waals surface area contributed by atoms with Gasteiger partial charge in [-0.25, -0.2) is 0 Å². The maximum atomic E-state index is 11.7. The minimum Gasteiger partial charge on any atom is -0.484 e. The summed E-state index contributed by atoms with van der Waals surface area (Å²) >= 11 is 1.62. The molecule has 1 amide bonds. The Morgan fingerprint density at radius 2 is 1.95 bits per heavy atom. The van der Waals surface area contributed by atoms with Crippen LogP contribution >= 0.6 is 11.3 Å². The van der Waals surface area contributed by atoms with Crippen LogP contribution in [0.1, 0.15) is 5.76 Å². The van der Waals surface area contributed by atoms with Gasteiger partial charge in [-0.2, -0.15) is 0 Å². The molecule has 2 aromatic heterocycles. The highest BCUT2D eigenvalue weighted by atomic mass is 32.1. The number of hydrogen-bond acceptors (Lipinski definition) is 4. The Bertz CT molecular complexity index is 719. The molecule has 0 spiro atoms. The quantitative estimate of drug-likeness (QED) is 0.755. The monoisotopic (exact) mass is 313 g/mol. The molecule has 3 aromatic rings. The predicted octanol–water partition coefficient (Wildman–Crippen LogP) is 3.70. The molecule has 0 aliphatic heterocycles. The molecule has 22 heavy (non-hydrogen) atoms. The molecule has 3 rings (SSSR count). The van der Waals surface area contributed by atoms with Crippen LogP contribution in [-0.2, 0) is 11.3 Å². The lowest BCUT2D eigenvalue weighted by Gasteiger charge is -2.06. The first-order valence-electron chi connectivity index (χ1n) is 6.88. The van der Waals surface area contributed by atoms with E-state index in [4.69, 9.17) is 9.15 Å². The van der Waals surface area contributed by atoms with Crippen LogP contribution in [-0.4, -0.2) is 12.5 Å². The fourth-order valence-corrected chi connectivity index (χ4v) is 2.61. The van der Waals surface area contributed by atoms with Crippen molar-refractivity contribution in [1.82, 2.24) is 5.32 Å². The minimum atomic E-state index is -0.182. The summed E-state index contributed by atoms with van der Waals surface area (Å²) < 4.78 is 11.1. The molecule has 1 N–H and O–H groups in total. The van der Waals surface area contributed by atoms with Crippen molar-refractivity contribution in [2.45, 2.75) is 6.54 Å². The Balaban J connectivity index is 1.47. The van der Waals surface area contributed by atoms with Gasteiger partial charge in [0, 0.05) is 0 Å². The number of nitrogens with one attached hydrogen (secondary N) is 1. The van der Waals surface area contributed by atoms with Crippen molar-refractivity contribution in [1.29, 1.82) is 0 Å². The van der Waals surface area contributed by atoms with Gasteiger partial charge in [0.25, 0.3) is 5.91 Å². The Hall–Kier alpha value is -2.53. The molecule has 0 unspecified atom stereocenters. The lowest BCUT2D eigenvalue weighted by atomic mass is 10.3. The number of furan rings is 1. The molecule has 2 heterocycles. The number of hydrogen-bond donors (Lipinski definition) is 1. The second-order valence-electron chi connectivity index (χ2n) is 4.62. The van der Waals surface area contributed by atoms with Crippen molar-refractivity contribution in [2.24, 2.45) is 0 Å². The summed E-state index contributed by atoms with van der Waals surface area (Å²) in [7, 11) is 0. The number of thiophene rings is 1. The van der Waals surface area contributed by atoms with Crippen LogP contribution < -0.4 is 10.1 Å². The number of carbonyl (C=O) groups is 1. The molecule has 0 radical (unpaired) electrons. The maximum Gasteiger partial charge on any atom is 0.258 e. The fraction of sp³-hybridized carbons (Fsp3) is 0.118. The summed E-state index contributed by atoms with van der Waals surface area (Å²) in [6.45, 7) is 0.338. The zero-order chi connectivity index (χ0) is 15.2. The highest BCUT2D eigenvalue weighted by Crippen LogP contribution is 2.26. The number of amides is 1. The summed E-state index contributed by atoms with van der Waals surface area (Å²) in [6.07, 6.45) is 0. The minimum absolute atomic E-state index is 0.0114. The Labute approximate surface area is 132 Å². The Morgan fingerprint density at radius 1 is 1.09 bits per heavy atom. The molecular weight excluding hydrogens is 298 g/mol. The van der Waals surface area contributed by atoms with Crippen LogP contribution in [0.3, 0.4) is 0 Å². The summed E-state index contributed by atoms with van der Waals surface area (Å²) in [5.74, 6) is 2.03. The van der Waals surface area contributed by atoms with E-state index in [0.717, 1.165) is 16.4 Å². The van der Waals surface area contributed by atoms with Gasteiger partial charge in [-0.05, 0) is 35.7 Å². The van der Waals surface area contributed by atoms with Crippen molar-refractivity contribution in [2.75, 3.05) is 6.61 Å². The number of para-hydroxylation sites is 1. The van der Waals surface area contributed by atoms with E-state index in [1.807, 2.05) is 60.0 Å². The zero-order valence-electron chi connectivity index (χ0n) is 11.8. The summed E-state index contributed by atoms with van der Waals surface area (Å²) in [4.78, 5) is 12.8. The molecule has 0 fully saturated rings. The zero-order valence-corrected chi connectivity index (χ0v) is 12.6. The fourth-order valence-electron chi connectivity index (χ4n) is 1.93. The van der Waals surface area contributed by atoms with Gasteiger partial charge >= 0.3 is 0 Å². The Kier molecular flexibility index (Phi) is 4.56. The molecule has 0 saturated carbocycles. The SMILES string of the molecule is O=C(COc1ccccc1)NCc1ccc(-c2cccs2)o1. The molecular formula is C17H15NO3S. The third kappa shape index (κ3) is 3.77. The van der Waals surface area contributed by atoms with Crippen LogP contribution in [0.5, 0.6) is 5.75 Å². The van der Waals surface area contributed by atoms with Gasteiger partial charge in [0.05, 0.1) is 11.4 Å². The second kappa shape index (κ2) is 6.95. The summed E-state index contributed by atoms with van der Waals surface area (Å²) in [6, 6.07) is 17.0. The maximum absolute atomic E-state index is 11.7. The van der Waals surface area contributed by atoms with Crippen molar-refractivity contribution in [3.63, 3.8) is 0 Å². The number of ether oxygens (including phenoxy) is 1. The number of rotatable bonds is 6. The highest BCUT2D eigenvalue weighted by Gasteiger charge is 2.07. The van der Waals surface area contributed by atoms with Crippen molar-refractivity contribution in [3.05, 3.63) is 65.7 Å². The van der Waals surface area contributed by atoms with Crippen LogP contribution in [0.2, 0.25) is 0 Å². The van der Waals surface area contributed by atoms with E-state index in [-0.39, 0.29) is 12.5 Å². The van der Waals surface area contributed by atoms with E-state index >= 15 is 0 Å². The molecule has 0 bridgehead atoms. The number of benzene rings is 1. The van der Waals surface area contributed by atoms with E-state index in [1.165, 1.54) is 0 Å². The molecule has 5 heteroatoms. The van der Waals surface area contributed by atoms with Crippen molar-refractivity contribution >= 4 is 17.2 Å². The molecule has 1 aromatic carbocycles. The highest BCUT2D eigenvalue weighted by molar-refractivity contribution is 7.13. The summed E-state index contributed by atoms with van der Waals surface area (Å²) in [5, 5.41) is 4.77. The average Bonchev–Trinajstić information content (AvgIpc) is 3.22. The Morgan fingerprint density at radius 3 is 2.73 bits per heavy atom. The standard InChI is InChI=1S/C17H15NO3S/c19-17(12-20-13-5-2-1-3-6-13)18-11-14-8-9-15(21-14)16-7-4-10-22-16/h1-10H,11-12H2,(H,18,19). The van der Waals surface area contributed by atoms with Crippen LogP contribution in [0, 0.1) is 0 Å². The second-order valence-corrected chi connectivity index (χ2v) is 5.57. The topological polar surface area (TPSA) is 51.5 Å². The van der Waals surface area contributed by atoms with E-state index in [1.54, 1.807) is 11.3 Å². The van der Waals surface area contributed by atoms with Gasteiger partial charge in [-0.3, -0.25) is 4.79 Å². The van der Waals surface area contributed by atoms with E-state index in [9.17, 15) is 4.79 Å². The molecule has 0 aliphatic carbocycles. The normalized spacial score (nSPS) is 10.4. The van der Waals surface area contributed by atoms with Gasteiger partial charge in [-0.1, -0.05) is 24.3 Å². The van der Waals surface area contributed by atoms with E-state index < -0.39 is 0 Å². The first-order valence-corrected chi connectivity index (χ1v) is 7.76. The van der Waals surface area contributed by atoms with Crippen LogP contribution in [0.25, 0.3) is 10.6 Å². The molecule has 0 saturated heterocycles. The van der Waals surface area contributed by atoms with E-state index in [0.29, 0.717) is 12.3 Å². The first-order chi connectivity index (χ1) is 10.8. The third-order valence-electron chi connectivity index (χ3n) is 3.00. The van der Waals surface area contributed by atoms with Crippen LogP contribution in [0.4, 0.5) is 0 Å². The molecule has 4 nitrogen and oxygen atoms in total. The van der Waals surface area contributed by atoms with Crippen LogP contribution in [0.15, 0.2) is 64.4 Å². The first kappa shape index (κ1) is 14.4. The molecule has 0 aliphatic rings. The lowest BCUT2D eigenvalue weighted by Crippen LogP contribution is -2.28. The van der Waals surface area contributed by atoms with Gasteiger partial charge in [-0.15, -0.1) is 11.3 Å². The largest absolute Gasteiger partial charge is 0.484 e. The van der Waals surface area contributed by atoms with Crippen molar-refractivity contribution < 1.29 is 13.9 Å². The van der Waals surface area contributed by atoms with E-state index in [2.05, 4.69) is 5.32 Å². The van der Waals surface area contributed by atoms with Gasteiger partial charge < -0.3 is 14.5 Å². The van der Waals surface area contributed by atoms with Gasteiger partial charge in [0.2, 0.25) is 0 Å².